The normalized spacial score (nSPS) is 11.6. The van der Waals surface area contributed by atoms with E-state index >= 15 is 0 Å². The molecule has 0 atom stereocenters. The fourth-order valence-corrected chi connectivity index (χ4v) is 3.94. The first-order chi connectivity index (χ1) is 11.2. The van der Waals surface area contributed by atoms with Gasteiger partial charge in [-0.05, 0) is 25.3 Å². The number of fused-ring (bicyclic) bond motifs is 2. The molecular formula is C15H13N5OS2. The van der Waals surface area contributed by atoms with Gasteiger partial charge in [0.15, 0.2) is 9.99 Å². The molecule has 0 N–H and O–H groups in total. The van der Waals surface area contributed by atoms with Crippen LogP contribution in [-0.2, 0) is 6.54 Å². The van der Waals surface area contributed by atoms with Crippen molar-refractivity contribution < 1.29 is 0 Å². The summed E-state index contributed by atoms with van der Waals surface area (Å²) in [5.74, 6) is 0. The van der Waals surface area contributed by atoms with Crippen molar-refractivity contribution in [2.75, 3.05) is 6.26 Å². The third kappa shape index (κ3) is 2.43. The topological polar surface area (TPSA) is 65.1 Å². The van der Waals surface area contributed by atoms with E-state index in [0.29, 0.717) is 16.9 Å². The summed E-state index contributed by atoms with van der Waals surface area (Å²) in [7, 11) is 0. The zero-order valence-corrected chi connectivity index (χ0v) is 14.2. The first kappa shape index (κ1) is 14.4. The summed E-state index contributed by atoms with van der Waals surface area (Å²) in [6.45, 7) is 2.43. The summed E-state index contributed by atoms with van der Waals surface area (Å²) in [5, 5.41) is 0. The molecule has 6 nitrogen and oxygen atoms in total. The molecule has 0 radical (unpaired) electrons. The van der Waals surface area contributed by atoms with Crippen molar-refractivity contribution in [2.24, 2.45) is 0 Å². The number of thioether (sulfide) groups is 1. The fourth-order valence-electron chi connectivity index (χ4n) is 2.48. The van der Waals surface area contributed by atoms with Gasteiger partial charge in [0.2, 0.25) is 0 Å². The number of nitrogens with zero attached hydrogens (tertiary/aromatic N) is 5. The second-order valence-corrected chi connectivity index (χ2v) is 7.19. The Kier molecular flexibility index (Phi) is 3.42. The molecule has 0 aliphatic carbocycles. The van der Waals surface area contributed by atoms with Gasteiger partial charge in [-0.15, -0.1) is 11.3 Å². The SMILES string of the molecule is CSc1nc2ncn(Cc3cn4c(C)cccc4n3)c(=O)c2s1. The summed E-state index contributed by atoms with van der Waals surface area (Å²) >= 11 is 2.91. The molecule has 0 bridgehead atoms. The zero-order chi connectivity index (χ0) is 16.0. The van der Waals surface area contributed by atoms with Gasteiger partial charge in [0.05, 0.1) is 12.2 Å². The molecule has 8 heteroatoms. The molecule has 0 unspecified atom stereocenters. The van der Waals surface area contributed by atoms with E-state index in [0.717, 1.165) is 21.4 Å². The Morgan fingerprint density at radius 1 is 1.30 bits per heavy atom. The van der Waals surface area contributed by atoms with Crippen molar-refractivity contribution in [3.8, 4) is 0 Å². The molecule has 116 valence electrons. The predicted molar refractivity (Wildman–Crippen MR) is 92.5 cm³/mol. The number of aromatic nitrogens is 5. The van der Waals surface area contributed by atoms with Gasteiger partial charge in [0, 0.05) is 11.9 Å². The van der Waals surface area contributed by atoms with Crippen molar-refractivity contribution in [2.45, 2.75) is 17.8 Å². The molecule has 0 aliphatic rings. The maximum absolute atomic E-state index is 12.6. The van der Waals surface area contributed by atoms with Gasteiger partial charge in [0.25, 0.3) is 5.56 Å². The lowest BCUT2D eigenvalue weighted by molar-refractivity contribution is 0.734. The van der Waals surface area contributed by atoms with E-state index in [9.17, 15) is 4.79 Å². The molecule has 0 fully saturated rings. The highest BCUT2D eigenvalue weighted by atomic mass is 32.2. The third-order valence-electron chi connectivity index (χ3n) is 3.62. The summed E-state index contributed by atoms with van der Waals surface area (Å²) in [5.41, 5.74) is 3.27. The van der Waals surface area contributed by atoms with Crippen LogP contribution in [0.1, 0.15) is 11.4 Å². The number of imidazole rings is 1. The quantitative estimate of drug-likeness (QED) is 0.535. The first-order valence-electron chi connectivity index (χ1n) is 6.99. The highest BCUT2D eigenvalue weighted by Crippen LogP contribution is 2.24. The molecule has 0 spiro atoms. The molecule has 4 heterocycles. The van der Waals surface area contributed by atoms with E-state index in [1.165, 1.54) is 23.1 Å². The maximum Gasteiger partial charge on any atom is 0.273 e. The van der Waals surface area contributed by atoms with E-state index < -0.39 is 0 Å². The van der Waals surface area contributed by atoms with Crippen molar-refractivity contribution in [3.63, 3.8) is 0 Å². The van der Waals surface area contributed by atoms with Crippen LogP contribution in [-0.4, -0.2) is 30.2 Å². The van der Waals surface area contributed by atoms with Gasteiger partial charge in [-0.3, -0.25) is 9.36 Å². The lowest BCUT2D eigenvalue weighted by atomic mass is 10.4. The second kappa shape index (κ2) is 5.47. The van der Waals surface area contributed by atoms with Crippen molar-refractivity contribution in [3.05, 3.63) is 52.5 Å². The van der Waals surface area contributed by atoms with E-state index in [4.69, 9.17) is 0 Å². The minimum Gasteiger partial charge on any atom is -0.304 e. The molecule has 0 amide bonds. The van der Waals surface area contributed by atoms with Gasteiger partial charge in [0.1, 0.15) is 16.7 Å². The Labute approximate surface area is 139 Å². The average Bonchev–Trinajstić information content (AvgIpc) is 3.14. The fraction of sp³-hybridized carbons (Fsp3) is 0.200. The molecule has 23 heavy (non-hydrogen) atoms. The summed E-state index contributed by atoms with van der Waals surface area (Å²) < 4.78 is 5.05. The Morgan fingerprint density at radius 3 is 2.96 bits per heavy atom. The van der Waals surface area contributed by atoms with Crippen LogP contribution in [0.15, 0.2) is 39.9 Å². The minimum absolute atomic E-state index is 0.0680. The average molecular weight is 343 g/mol. The van der Waals surface area contributed by atoms with Gasteiger partial charge in [-0.25, -0.2) is 15.0 Å². The summed E-state index contributed by atoms with van der Waals surface area (Å²) in [6.07, 6.45) is 5.45. The van der Waals surface area contributed by atoms with Gasteiger partial charge in [-0.2, -0.15) is 0 Å². The van der Waals surface area contributed by atoms with Crippen LogP contribution < -0.4 is 5.56 Å². The Morgan fingerprint density at radius 2 is 2.17 bits per heavy atom. The van der Waals surface area contributed by atoms with E-state index in [1.807, 2.05) is 42.0 Å². The monoisotopic (exact) mass is 343 g/mol. The number of hydrogen-bond acceptors (Lipinski definition) is 6. The van der Waals surface area contributed by atoms with Crippen molar-refractivity contribution >= 4 is 39.1 Å². The highest BCUT2D eigenvalue weighted by Gasteiger charge is 2.12. The van der Waals surface area contributed by atoms with Crippen molar-refractivity contribution in [1.82, 2.24) is 23.9 Å². The van der Waals surface area contributed by atoms with Gasteiger partial charge < -0.3 is 4.40 Å². The molecule has 0 saturated carbocycles. The molecular weight excluding hydrogens is 330 g/mol. The van der Waals surface area contributed by atoms with E-state index in [2.05, 4.69) is 15.0 Å². The third-order valence-corrected chi connectivity index (χ3v) is 5.63. The Bertz CT molecular complexity index is 1080. The van der Waals surface area contributed by atoms with Crippen LogP contribution >= 0.6 is 23.1 Å². The number of hydrogen-bond donors (Lipinski definition) is 0. The first-order valence-corrected chi connectivity index (χ1v) is 9.03. The van der Waals surface area contributed by atoms with E-state index in [-0.39, 0.29) is 5.56 Å². The second-order valence-electron chi connectivity index (χ2n) is 5.14. The van der Waals surface area contributed by atoms with Gasteiger partial charge in [-0.1, -0.05) is 17.8 Å². The Balaban J connectivity index is 1.78. The molecule has 0 aromatic carbocycles. The smallest absolute Gasteiger partial charge is 0.273 e. The van der Waals surface area contributed by atoms with Gasteiger partial charge >= 0.3 is 0 Å². The lowest BCUT2D eigenvalue weighted by Crippen LogP contribution is -2.20. The van der Waals surface area contributed by atoms with Crippen LogP contribution in [0.2, 0.25) is 0 Å². The zero-order valence-electron chi connectivity index (χ0n) is 12.6. The molecule has 4 aromatic heterocycles. The van der Waals surface area contributed by atoms with Crippen LogP contribution in [0.25, 0.3) is 16.0 Å². The van der Waals surface area contributed by atoms with Crippen LogP contribution in [0.4, 0.5) is 0 Å². The number of rotatable bonds is 3. The Hall–Kier alpha value is -2.19. The van der Waals surface area contributed by atoms with Crippen LogP contribution in [0, 0.1) is 6.92 Å². The highest BCUT2D eigenvalue weighted by molar-refractivity contribution is 8.00. The van der Waals surface area contributed by atoms with Crippen LogP contribution in [0.3, 0.4) is 0 Å². The number of thiazole rings is 1. The summed E-state index contributed by atoms with van der Waals surface area (Å²) in [4.78, 5) is 25.8. The standard InChI is InChI=1S/C15H13N5OS2/c1-9-4-3-5-11-17-10(7-20(9)11)6-19-8-16-13-12(14(19)21)23-15(18-13)22-2/h3-5,7-8H,6H2,1-2H3. The minimum atomic E-state index is -0.0680. The predicted octanol–water partition coefficient (Wildman–Crippen LogP) is 2.58. The maximum atomic E-state index is 12.6. The molecule has 0 saturated heterocycles. The number of aryl methyl sites for hydroxylation is 1. The number of pyridine rings is 1. The molecule has 4 rings (SSSR count). The van der Waals surface area contributed by atoms with Crippen LogP contribution in [0.5, 0.6) is 0 Å². The molecule has 4 aromatic rings. The largest absolute Gasteiger partial charge is 0.304 e. The lowest BCUT2D eigenvalue weighted by Gasteiger charge is -2.01. The van der Waals surface area contributed by atoms with E-state index in [1.54, 1.807) is 10.9 Å². The summed E-state index contributed by atoms with van der Waals surface area (Å²) in [6, 6.07) is 5.96. The van der Waals surface area contributed by atoms with Crippen molar-refractivity contribution in [1.29, 1.82) is 0 Å². The molecule has 0 aliphatic heterocycles.